The average Bonchev–Trinajstić information content (AvgIpc) is 2.84. The standard InChI is InChI=1S/C23H28FN3O4S/c1-31-21-10-9-19(24)16-22(21)32(29,30)27-11-5-6-18(17-27)23(28)26-14-12-25(13-15-26)20-7-3-2-4-8-20/h2-4,7-10,16,18H,5-6,11-15,17H2,1H3/t18-/m0/s1. The maximum atomic E-state index is 13.8. The molecule has 4 rings (SSSR count). The lowest BCUT2D eigenvalue weighted by molar-refractivity contribution is -0.137. The maximum absolute atomic E-state index is 13.8. The van der Waals surface area contributed by atoms with Gasteiger partial charge in [0.05, 0.1) is 13.0 Å². The summed E-state index contributed by atoms with van der Waals surface area (Å²) in [6, 6.07) is 13.5. The molecule has 0 bridgehead atoms. The van der Waals surface area contributed by atoms with Gasteiger partial charge in [-0.25, -0.2) is 12.8 Å². The van der Waals surface area contributed by atoms with Gasteiger partial charge >= 0.3 is 0 Å². The van der Waals surface area contributed by atoms with Crippen LogP contribution in [0.25, 0.3) is 0 Å². The fourth-order valence-corrected chi connectivity index (χ4v) is 6.13. The minimum Gasteiger partial charge on any atom is -0.495 e. The minimum atomic E-state index is -3.98. The second kappa shape index (κ2) is 9.46. The van der Waals surface area contributed by atoms with Crippen LogP contribution in [0, 0.1) is 11.7 Å². The van der Waals surface area contributed by atoms with Gasteiger partial charge in [-0.15, -0.1) is 0 Å². The molecule has 2 heterocycles. The number of amides is 1. The number of hydrogen-bond acceptors (Lipinski definition) is 5. The SMILES string of the molecule is COc1ccc(F)cc1S(=O)(=O)N1CCC[C@H](C(=O)N2CCN(c3ccccc3)CC2)C1. The molecule has 172 valence electrons. The molecule has 2 saturated heterocycles. The zero-order valence-corrected chi connectivity index (χ0v) is 18.9. The Hall–Kier alpha value is -2.65. The first-order valence-electron chi connectivity index (χ1n) is 10.8. The monoisotopic (exact) mass is 461 g/mol. The van der Waals surface area contributed by atoms with Gasteiger partial charge in [0.2, 0.25) is 15.9 Å². The predicted molar refractivity (Wildman–Crippen MR) is 120 cm³/mol. The normalized spacial score (nSPS) is 20.2. The fraction of sp³-hybridized carbons (Fsp3) is 0.435. The van der Waals surface area contributed by atoms with E-state index in [0.29, 0.717) is 32.5 Å². The van der Waals surface area contributed by atoms with Crippen molar-refractivity contribution in [1.82, 2.24) is 9.21 Å². The van der Waals surface area contributed by atoms with E-state index in [0.717, 1.165) is 30.9 Å². The van der Waals surface area contributed by atoms with E-state index in [4.69, 9.17) is 4.74 Å². The van der Waals surface area contributed by atoms with Crippen molar-refractivity contribution in [3.63, 3.8) is 0 Å². The van der Waals surface area contributed by atoms with Crippen LogP contribution in [0.1, 0.15) is 12.8 Å². The van der Waals surface area contributed by atoms with Crippen molar-refractivity contribution >= 4 is 21.6 Å². The summed E-state index contributed by atoms with van der Waals surface area (Å²) >= 11 is 0. The number of ether oxygens (including phenoxy) is 1. The molecule has 0 unspecified atom stereocenters. The number of piperidine rings is 1. The quantitative estimate of drug-likeness (QED) is 0.685. The molecule has 9 heteroatoms. The molecule has 0 aliphatic carbocycles. The molecule has 1 atom stereocenters. The van der Waals surface area contributed by atoms with E-state index in [1.807, 2.05) is 23.1 Å². The average molecular weight is 462 g/mol. The topological polar surface area (TPSA) is 70.2 Å². The molecule has 0 aromatic heterocycles. The number of carbonyl (C=O) groups is 1. The lowest BCUT2D eigenvalue weighted by atomic mass is 9.97. The fourth-order valence-electron chi connectivity index (χ4n) is 4.44. The highest BCUT2D eigenvalue weighted by Crippen LogP contribution is 2.31. The number of anilines is 1. The molecule has 0 radical (unpaired) electrons. The second-order valence-corrected chi connectivity index (χ2v) is 10.1. The maximum Gasteiger partial charge on any atom is 0.246 e. The summed E-state index contributed by atoms with van der Waals surface area (Å²) in [7, 11) is -2.63. The molecule has 2 aromatic carbocycles. The van der Waals surface area contributed by atoms with Crippen LogP contribution >= 0.6 is 0 Å². The van der Waals surface area contributed by atoms with Gasteiger partial charge in [0, 0.05) is 45.0 Å². The van der Waals surface area contributed by atoms with Gasteiger partial charge in [-0.3, -0.25) is 4.79 Å². The molecule has 2 aliphatic rings. The van der Waals surface area contributed by atoms with Crippen LogP contribution in [-0.2, 0) is 14.8 Å². The van der Waals surface area contributed by atoms with Crippen molar-refractivity contribution in [2.45, 2.75) is 17.7 Å². The molecule has 32 heavy (non-hydrogen) atoms. The number of para-hydroxylation sites is 1. The van der Waals surface area contributed by atoms with Crippen LogP contribution in [0.2, 0.25) is 0 Å². The number of rotatable bonds is 5. The molecular formula is C23H28FN3O4S. The van der Waals surface area contributed by atoms with E-state index in [1.54, 1.807) is 0 Å². The molecule has 2 aliphatic heterocycles. The van der Waals surface area contributed by atoms with Gasteiger partial charge in [-0.1, -0.05) is 18.2 Å². The highest BCUT2D eigenvalue weighted by Gasteiger charge is 2.37. The highest BCUT2D eigenvalue weighted by molar-refractivity contribution is 7.89. The van der Waals surface area contributed by atoms with E-state index in [2.05, 4.69) is 17.0 Å². The Balaban J connectivity index is 1.43. The van der Waals surface area contributed by atoms with Crippen molar-refractivity contribution in [2.75, 3.05) is 51.3 Å². The summed E-state index contributed by atoms with van der Waals surface area (Å²) in [6.45, 7) is 3.09. The summed E-state index contributed by atoms with van der Waals surface area (Å²) in [6.07, 6.45) is 1.22. The van der Waals surface area contributed by atoms with Crippen molar-refractivity contribution in [1.29, 1.82) is 0 Å². The Kier molecular flexibility index (Phi) is 6.66. The number of sulfonamides is 1. The van der Waals surface area contributed by atoms with Crippen LogP contribution < -0.4 is 9.64 Å². The molecule has 0 spiro atoms. The zero-order valence-electron chi connectivity index (χ0n) is 18.1. The predicted octanol–water partition coefficient (Wildman–Crippen LogP) is 2.58. The number of nitrogens with zero attached hydrogens (tertiary/aromatic N) is 3. The number of hydrogen-bond donors (Lipinski definition) is 0. The molecule has 2 aromatic rings. The van der Waals surface area contributed by atoms with E-state index >= 15 is 0 Å². The van der Waals surface area contributed by atoms with Crippen LogP contribution in [0.5, 0.6) is 5.75 Å². The highest BCUT2D eigenvalue weighted by atomic mass is 32.2. The van der Waals surface area contributed by atoms with Crippen molar-refractivity contribution < 1.29 is 22.3 Å². The van der Waals surface area contributed by atoms with E-state index in [1.165, 1.54) is 17.5 Å². The van der Waals surface area contributed by atoms with Gasteiger partial charge in [-0.2, -0.15) is 4.31 Å². The van der Waals surface area contributed by atoms with Crippen LogP contribution in [0.15, 0.2) is 53.4 Å². The summed E-state index contributed by atoms with van der Waals surface area (Å²) in [5.74, 6) is -0.965. The van der Waals surface area contributed by atoms with Crippen molar-refractivity contribution in [3.05, 3.63) is 54.3 Å². The second-order valence-electron chi connectivity index (χ2n) is 8.15. The third kappa shape index (κ3) is 4.59. The summed E-state index contributed by atoms with van der Waals surface area (Å²) in [5, 5.41) is 0. The third-order valence-corrected chi connectivity index (χ3v) is 8.08. The Morgan fingerprint density at radius 2 is 1.75 bits per heavy atom. The Morgan fingerprint density at radius 3 is 2.44 bits per heavy atom. The summed E-state index contributed by atoms with van der Waals surface area (Å²) < 4.78 is 46.6. The Bertz CT molecular complexity index is 1060. The number of carbonyl (C=O) groups excluding carboxylic acids is 1. The molecule has 7 nitrogen and oxygen atoms in total. The number of benzene rings is 2. The summed E-state index contributed by atoms with van der Waals surface area (Å²) in [4.78, 5) is 17.1. The van der Waals surface area contributed by atoms with E-state index in [9.17, 15) is 17.6 Å². The van der Waals surface area contributed by atoms with Crippen LogP contribution in [0.4, 0.5) is 10.1 Å². The molecule has 2 fully saturated rings. The van der Waals surface area contributed by atoms with Crippen molar-refractivity contribution in [2.24, 2.45) is 5.92 Å². The number of methoxy groups -OCH3 is 1. The largest absolute Gasteiger partial charge is 0.495 e. The van der Waals surface area contributed by atoms with Gasteiger partial charge in [0.15, 0.2) is 0 Å². The minimum absolute atomic E-state index is 0.0104. The smallest absolute Gasteiger partial charge is 0.246 e. The first-order valence-corrected chi connectivity index (χ1v) is 12.3. The molecule has 0 saturated carbocycles. The first kappa shape index (κ1) is 22.5. The Labute approximate surface area is 188 Å². The lowest BCUT2D eigenvalue weighted by Gasteiger charge is -2.39. The van der Waals surface area contributed by atoms with Gasteiger partial charge in [0.1, 0.15) is 16.5 Å². The van der Waals surface area contributed by atoms with Crippen LogP contribution in [0.3, 0.4) is 0 Å². The third-order valence-electron chi connectivity index (χ3n) is 6.19. The van der Waals surface area contributed by atoms with Crippen LogP contribution in [-0.4, -0.2) is 69.9 Å². The van der Waals surface area contributed by atoms with Crippen molar-refractivity contribution in [3.8, 4) is 5.75 Å². The van der Waals surface area contributed by atoms with E-state index in [-0.39, 0.29) is 23.1 Å². The van der Waals surface area contributed by atoms with E-state index < -0.39 is 21.8 Å². The lowest BCUT2D eigenvalue weighted by Crippen LogP contribution is -2.53. The first-order chi connectivity index (χ1) is 15.4. The van der Waals surface area contributed by atoms with Gasteiger partial charge in [-0.05, 0) is 43.2 Å². The van der Waals surface area contributed by atoms with Gasteiger partial charge in [0.25, 0.3) is 0 Å². The summed E-state index contributed by atoms with van der Waals surface area (Å²) in [5.41, 5.74) is 1.14. The Morgan fingerprint density at radius 1 is 1.03 bits per heavy atom. The molecule has 1 amide bonds. The zero-order chi connectivity index (χ0) is 22.7. The van der Waals surface area contributed by atoms with Gasteiger partial charge < -0.3 is 14.5 Å². The number of piperazine rings is 1. The number of halogens is 1. The molecule has 0 N–H and O–H groups in total. The molecular weight excluding hydrogens is 433 g/mol.